The van der Waals surface area contributed by atoms with Crippen LogP contribution in [0.15, 0.2) is 21.2 Å². The highest BCUT2D eigenvalue weighted by Crippen LogP contribution is 2.33. The van der Waals surface area contributed by atoms with Gasteiger partial charge >= 0.3 is 0 Å². The fourth-order valence-electron chi connectivity index (χ4n) is 3.48. The van der Waals surface area contributed by atoms with Crippen LogP contribution in [-0.4, -0.2) is 30.1 Å². The fraction of sp³-hybridized carbons (Fsp3) is 0.714. The summed E-state index contributed by atoms with van der Waals surface area (Å²) in [4.78, 5) is 2.62. The van der Waals surface area contributed by atoms with E-state index in [1.165, 1.54) is 38.8 Å². The summed E-state index contributed by atoms with van der Waals surface area (Å²) in [6.45, 7) is 4.65. The average molecular weight is 313 g/mol. The van der Waals surface area contributed by atoms with Crippen LogP contribution >= 0.6 is 15.9 Å². The van der Waals surface area contributed by atoms with Crippen LogP contribution < -0.4 is 5.32 Å². The first kappa shape index (κ1) is 12.7. The van der Waals surface area contributed by atoms with E-state index in [0.29, 0.717) is 18.1 Å². The Morgan fingerprint density at radius 1 is 1.39 bits per heavy atom. The van der Waals surface area contributed by atoms with Gasteiger partial charge < -0.3 is 9.73 Å². The summed E-state index contributed by atoms with van der Waals surface area (Å²) in [6, 6.07) is 5.84. The van der Waals surface area contributed by atoms with Gasteiger partial charge in [0.15, 0.2) is 4.67 Å². The standard InChI is InChI=1S/C14H21BrN2O/c1-10(13-6-7-14(15)18-13)17-9-3-5-12(17)11-4-2-8-16-11/h6-7,10-12,16H,2-5,8-9H2,1H3. The molecule has 1 aromatic rings. The number of furan rings is 1. The van der Waals surface area contributed by atoms with E-state index in [1.807, 2.05) is 6.07 Å². The van der Waals surface area contributed by atoms with E-state index in [9.17, 15) is 0 Å². The third-order valence-electron chi connectivity index (χ3n) is 4.41. The number of likely N-dealkylation sites (tertiary alicyclic amines) is 1. The van der Waals surface area contributed by atoms with Crippen LogP contribution in [0.25, 0.3) is 0 Å². The van der Waals surface area contributed by atoms with Gasteiger partial charge in [-0.3, -0.25) is 4.90 Å². The zero-order valence-electron chi connectivity index (χ0n) is 10.9. The number of nitrogens with one attached hydrogen (secondary N) is 1. The predicted molar refractivity (Wildman–Crippen MR) is 75.6 cm³/mol. The molecule has 0 aliphatic carbocycles. The number of nitrogens with zero attached hydrogens (tertiary/aromatic N) is 1. The number of rotatable bonds is 3. The summed E-state index contributed by atoms with van der Waals surface area (Å²) in [5, 5.41) is 3.66. The molecule has 2 fully saturated rings. The van der Waals surface area contributed by atoms with Crippen molar-refractivity contribution in [3.63, 3.8) is 0 Å². The Bertz CT molecular complexity index is 400. The molecule has 1 N–H and O–H groups in total. The molecule has 18 heavy (non-hydrogen) atoms. The zero-order valence-corrected chi connectivity index (χ0v) is 12.4. The maximum absolute atomic E-state index is 5.72. The van der Waals surface area contributed by atoms with Gasteiger partial charge in [0.1, 0.15) is 5.76 Å². The highest BCUT2D eigenvalue weighted by molar-refractivity contribution is 9.10. The SMILES string of the molecule is CC(c1ccc(Br)o1)N1CCCC1C1CCCN1. The molecule has 3 heterocycles. The Morgan fingerprint density at radius 2 is 2.28 bits per heavy atom. The van der Waals surface area contributed by atoms with E-state index in [-0.39, 0.29) is 0 Å². The molecule has 0 radical (unpaired) electrons. The van der Waals surface area contributed by atoms with Crippen molar-refractivity contribution in [1.82, 2.24) is 10.2 Å². The monoisotopic (exact) mass is 312 g/mol. The molecule has 3 atom stereocenters. The quantitative estimate of drug-likeness (QED) is 0.928. The van der Waals surface area contributed by atoms with Crippen LogP contribution in [0.1, 0.15) is 44.4 Å². The summed E-state index contributed by atoms with van der Waals surface area (Å²) < 4.78 is 6.56. The third-order valence-corrected chi connectivity index (χ3v) is 4.83. The normalized spacial score (nSPS) is 31.0. The number of hydrogen-bond donors (Lipinski definition) is 1. The molecular formula is C14H21BrN2O. The topological polar surface area (TPSA) is 28.4 Å². The molecule has 0 amide bonds. The lowest BCUT2D eigenvalue weighted by atomic mass is 10.0. The smallest absolute Gasteiger partial charge is 0.169 e. The predicted octanol–water partition coefficient (Wildman–Crippen LogP) is 3.32. The van der Waals surface area contributed by atoms with Crippen molar-refractivity contribution in [2.75, 3.05) is 13.1 Å². The largest absolute Gasteiger partial charge is 0.453 e. The average Bonchev–Trinajstić information content (AvgIpc) is 3.08. The molecular weight excluding hydrogens is 292 g/mol. The van der Waals surface area contributed by atoms with Crippen molar-refractivity contribution in [3.05, 3.63) is 22.6 Å². The maximum Gasteiger partial charge on any atom is 0.169 e. The molecule has 100 valence electrons. The fourth-order valence-corrected chi connectivity index (χ4v) is 3.80. The lowest BCUT2D eigenvalue weighted by Gasteiger charge is -2.33. The Hall–Kier alpha value is -0.320. The minimum absolute atomic E-state index is 0.381. The first-order valence-electron chi connectivity index (χ1n) is 7.00. The highest BCUT2D eigenvalue weighted by atomic mass is 79.9. The lowest BCUT2D eigenvalue weighted by molar-refractivity contribution is 0.146. The molecule has 3 nitrogen and oxygen atoms in total. The molecule has 0 aromatic carbocycles. The molecule has 2 aliphatic heterocycles. The van der Waals surface area contributed by atoms with Gasteiger partial charge in [0.05, 0.1) is 6.04 Å². The van der Waals surface area contributed by atoms with E-state index < -0.39 is 0 Å². The second-order valence-electron chi connectivity index (χ2n) is 5.47. The molecule has 1 aromatic heterocycles. The lowest BCUT2D eigenvalue weighted by Crippen LogP contribution is -2.44. The first-order chi connectivity index (χ1) is 8.75. The second kappa shape index (κ2) is 5.35. The Labute approximate surface area is 117 Å². The summed E-state index contributed by atoms with van der Waals surface area (Å²) in [7, 11) is 0. The van der Waals surface area contributed by atoms with Crippen molar-refractivity contribution in [1.29, 1.82) is 0 Å². The van der Waals surface area contributed by atoms with Crippen LogP contribution in [0, 0.1) is 0 Å². The summed E-state index contributed by atoms with van der Waals surface area (Å²) in [5.41, 5.74) is 0. The second-order valence-corrected chi connectivity index (χ2v) is 6.25. The summed E-state index contributed by atoms with van der Waals surface area (Å²) in [6.07, 6.45) is 5.30. The van der Waals surface area contributed by atoms with Crippen molar-refractivity contribution in [2.45, 2.75) is 50.7 Å². The minimum atomic E-state index is 0.381. The van der Waals surface area contributed by atoms with E-state index in [4.69, 9.17) is 4.42 Å². The summed E-state index contributed by atoms with van der Waals surface area (Å²) >= 11 is 3.39. The van der Waals surface area contributed by atoms with E-state index in [1.54, 1.807) is 0 Å². The molecule has 3 rings (SSSR count). The van der Waals surface area contributed by atoms with E-state index >= 15 is 0 Å². The molecule has 0 spiro atoms. The van der Waals surface area contributed by atoms with Crippen molar-refractivity contribution < 1.29 is 4.42 Å². The first-order valence-corrected chi connectivity index (χ1v) is 7.79. The highest BCUT2D eigenvalue weighted by Gasteiger charge is 2.36. The molecule has 2 saturated heterocycles. The third kappa shape index (κ3) is 2.38. The van der Waals surface area contributed by atoms with Crippen LogP contribution in [0.2, 0.25) is 0 Å². The summed E-state index contributed by atoms with van der Waals surface area (Å²) in [5.74, 6) is 1.08. The van der Waals surface area contributed by atoms with E-state index in [2.05, 4.69) is 39.1 Å². The Balaban J connectivity index is 1.73. The van der Waals surface area contributed by atoms with Gasteiger partial charge in [-0.05, 0) is 73.8 Å². The number of halogens is 1. The molecule has 2 aliphatic rings. The van der Waals surface area contributed by atoms with Gasteiger partial charge in [0.25, 0.3) is 0 Å². The van der Waals surface area contributed by atoms with Crippen molar-refractivity contribution in [2.24, 2.45) is 0 Å². The van der Waals surface area contributed by atoms with Crippen LogP contribution in [0.3, 0.4) is 0 Å². The van der Waals surface area contributed by atoms with Gasteiger partial charge in [-0.2, -0.15) is 0 Å². The molecule has 4 heteroatoms. The van der Waals surface area contributed by atoms with Gasteiger partial charge in [0, 0.05) is 12.1 Å². The van der Waals surface area contributed by atoms with Crippen molar-refractivity contribution in [3.8, 4) is 0 Å². The Kier molecular flexibility index (Phi) is 3.78. The van der Waals surface area contributed by atoms with E-state index in [0.717, 1.165) is 10.4 Å². The van der Waals surface area contributed by atoms with Gasteiger partial charge in [0.2, 0.25) is 0 Å². The van der Waals surface area contributed by atoms with Crippen LogP contribution in [0.4, 0.5) is 0 Å². The minimum Gasteiger partial charge on any atom is -0.453 e. The molecule has 0 saturated carbocycles. The van der Waals surface area contributed by atoms with Gasteiger partial charge in [-0.15, -0.1) is 0 Å². The maximum atomic E-state index is 5.72. The van der Waals surface area contributed by atoms with Crippen LogP contribution in [-0.2, 0) is 0 Å². The zero-order chi connectivity index (χ0) is 12.5. The van der Waals surface area contributed by atoms with Gasteiger partial charge in [-0.1, -0.05) is 0 Å². The molecule has 0 bridgehead atoms. The number of hydrogen-bond acceptors (Lipinski definition) is 3. The van der Waals surface area contributed by atoms with Crippen LogP contribution in [0.5, 0.6) is 0 Å². The Morgan fingerprint density at radius 3 is 2.94 bits per heavy atom. The molecule has 3 unspecified atom stereocenters. The van der Waals surface area contributed by atoms with Crippen molar-refractivity contribution >= 4 is 15.9 Å². The van der Waals surface area contributed by atoms with Gasteiger partial charge in [-0.25, -0.2) is 0 Å².